The molecule has 1 aromatic carbocycles. The summed E-state index contributed by atoms with van der Waals surface area (Å²) in [4.78, 5) is 40.3. The van der Waals surface area contributed by atoms with Gasteiger partial charge in [-0.15, -0.1) is 0 Å². The van der Waals surface area contributed by atoms with Crippen LogP contribution < -0.4 is 5.56 Å². The predicted molar refractivity (Wildman–Crippen MR) is 137 cm³/mol. The van der Waals surface area contributed by atoms with E-state index in [1.54, 1.807) is 6.08 Å². The molecule has 3 rings (SSSR count). The molecule has 1 aliphatic heterocycles. The van der Waals surface area contributed by atoms with E-state index in [-0.39, 0.29) is 32.5 Å². The minimum atomic E-state index is -0.650. The lowest BCUT2D eigenvalue weighted by molar-refractivity contribution is -0.121. The number of pyridine rings is 1. The van der Waals surface area contributed by atoms with Gasteiger partial charge in [-0.2, -0.15) is 5.26 Å². The molecule has 1 aromatic heterocycles. The smallest absolute Gasteiger partial charge is 0.271 e. The molecule has 0 bridgehead atoms. The van der Waals surface area contributed by atoms with Crippen molar-refractivity contribution in [3.05, 3.63) is 67.6 Å². The van der Waals surface area contributed by atoms with Gasteiger partial charge in [0, 0.05) is 6.54 Å². The number of unbranched alkanes of at least 4 members (excludes halogenated alkanes) is 3. The normalized spacial score (nSPS) is 14.6. The number of carbonyl (C=O) groups excluding carboxylic acids is 2. The van der Waals surface area contributed by atoms with Gasteiger partial charge in [-0.1, -0.05) is 62.3 Å². The topological polar surface area (TPSA) is 103 Å². The summed E-state index contributed by atoms with van der Waals surface area (Å²) in [5.41, 5.74) is -0.377. The molecule has 0 unspecified atom stereocenters. The third-order valence-corrected chi connectivity index (χ3v) is 7.04. The number of thioether (sulfide) groups is 1. The van der Waals surface area contributed by atoms with E-state index in [4.69, 9.17) is 12.2 Å². The van der Waals surface area contributed by atoms with Gasteiger partial charge in [-0.25, -0.2) is 4.39 Å². The first kappa shape index (κ1) is 26.3. The monoisotopic (exact) mass is 513 g/mol. The number of halogens is 1. The average Bonchev–Trinajstić information content (AvgIpc) is 3.07. The second-order valence-corrected chi connectivity index (χ2v) is 9.75. The van der Waals surface area contributed by atoms with Crippen LogP contribution in [0.3, 0.4) is 0 Å². The van der Waals surface area contributed by atoms with Crippen LogP contribution in [0.25, 0.3) is 6.08 Å². The Labute approximate surface area is 211 Å². The summed E-state index contributed by atoms with van der Waals surface area (Å²) in [7, 11) is 0. The van der Waals surface area contributed by atoms with Crippen LogP contribution in [-0.2, 0) is 11.3 Å². The average molecular weight is 514 g/mol. The number of carbonyl (C=O) groups is 2. The highest BCUT2D eigenvalue weighted by molar-refractivity contribution is 8.26. The van der Waals surface area contributed by atoms with E-state index in [1.807, 2.05) is 13.0 Å². The first-order chi connectivity index (χ1) is 16.7. The van der Waals surface area contributed by atoms with E-state index in [9.17, 15) is 29.1 Å². The van der Waals surface area contributed by atoms with E-state index >= 15 is 0 Å². The fraction of sp³-hybridized carbons (Fsp3) is 0.320. The van der Waals surface area contributed by atoms with E-state index in [0.717, 1.165) is 40.5 Å². The molecule has 2 aromatic rings. The quantitative estimate of drug-likeness (QED) is 0.227. The zero-order chi connectivity index (χ0) is 25.7. The number of hydrogen-bond donors (Lipinski definition) is 1. The minimum absolute atomic E-state index is 0.0668. The van der Waals surface area contributed by atoms with Crippen LogP contribution in [0, 0.1) is 24.1 Å². The van der Waals surface area contributed by atoms with Crippen molar-refractivity contribution in [1.82, 2.24) is 9.47 Å². The van der Waals surface area contributed by atoms with Gasteiger partial charge in [0.25, 0.3) is 11.5 Å². The summed E-state index contributed by atoms with van der Waals surface area (Å²) < 4.78 is 14.4. The fourth-order valence-electron chi connectivity index (χ4n) is 3.76. The SMILES string of the molecule is CCCCCCn1c(O)c(C(=O)CN2C(=O)/C(=C/c3ccc(F)cc3)SC2=S)c(C)c(C#N)c1=O. The first-order valence-corrected chi connectivity index (χ1v) is 12.3. The Morgan fingerprint density at radius 2 is 1.91 bits per heavy atom. The summed E-state index contributed by atoms with van der Waals surface area (Å²) >= 11 is 6.30. The molecule has 1 amide bonds. The van der Waals surface area contributed by atoms with Crippen molar-refractivity contribution in [2.45, 2.75) is 46.1 Å². The van der Waals surface area contributed by atoms with Gasteiger partial charge >= 0.3 is 0 Å². The van der Waals surface area contributed by atoms with Crippen molar-refractivity contribution in [2.75, 3.05) is 6.54 Å². The molecule has 1 saturated heterocycles. The van der Waals surface area contributed by atoms with E-state index < -0.39 is 35.5 Å². The van der Waals surface area contributed by atoms with Crippen molar-refractivity contribution in [2.24, 2.45) is 0 Å². The maximum atomic E-state index is 13.2. The first-order valence-electron chi connectivity index (χ1n) is 11.1. The standard InChI is InChI=1S/C25H24FN3O4S2/c1-3-4-5-6-11-28-22(31)18(13-27)15(2)21(24(28)33)19(30)14-29-23(32)20(35-25(29)34)12-16-7-9-17(26)10-8-16/h7-10,12,33H,3-6,11,14H2,1-2H3/b20-12-. The van der Waals surface area contributed by atoms with Crippen LogP contribution in [0.1, 0.15) is 59.7 Å². The Bertz CT molecular complexity index is 1310. The number of rotatable bonds is 9. The van der Waals surface area contributed by atoms with Gasteiger partial charge in [0.15, 0.2) is 5.78 Å². The highest BCUT2D eigenvalue weighted by atomic mass is 32.2. The zero-order valence-corrected chi connectivity index (χ0v) is 21.0. The summed E-state index contributed by atoms with van der Waals surface area (Å²) in [6.45, 7) is 3.18. The second kappa shape index (κ2) is 11.4. The molecular weight excluding hydrogens is 489 g/mol. The molecule has 0 saturated carbocycles. The lowest BCUT2D eigenvalue weighted by Crippen LogP contribution is -2.35. The molecule has 1 fully saturated rings. The molecule has 10 heteroatoms. The van der Waals surface area contributed by atoms with Gasteiger partial charge in [0.2, 0.25) is 5.88 Å². The van der Waals surface area contributed by atoms with Gasteiger partial charge < -0.3 is 5.11 Å². The molecule has 7 nitrogen and oxygen atoms in total. The van der Waals surface area contributed by atoms with Gasteiger partial charge in [-0.3, -0.25) is 23.9 Å². The summed E-state index contributed by atoms with van der Waals surface area (Å²) in [5.74, 6) is -2.06. The fourth-order valence-corrected chi connectivity index (χ4v) is 5.01. The van der Waals surface area contributed by atoms with Crippen molar-refractivity contribution in [3.63, 3.8) is 0 Å². The molecule has 0 radical (unpaired) electrons. The minimum Gasteiger partial charge on any atom is -0.494 e. The maximum Gasteiger partial charge on any atom is 0.271 e. The summed E-state index contributed by atoms with van der Waals surface area (Å²) in [6, 6.07) is 7.40. The van der Waals surface area contributed by atoms with E-state index in [2.05, 4.69) is 0 Å². The maximum absolute atomic E-state index is 13.2. The molecule has 1 N–H and O–H groups in total. The van der Waals surface area contributed by atoms with Crippen molar-refractivity contribution in [1.29, 1.82) is 5.26 Å². The van der Waals surface area contributed by atoms with Crippen molar-refractivity contribution >= 4 is 46.1 Å². The second-order valence-electron chi connectivity index (χ2n) is 8.07. The number of aromatic hydroxyl groups is 1. The van der Waals surface area contributed by atoms with Gasteiger partial charge in [-0.05, 0) is 42.7 Å². The zero-order valence-electron chi connectivity index (χ0n) is 19.3. The lowest BCUT2D eigenvalue weighted by Gasteiger charge is -2.18. The van der Waals surface area contributed by atoms with E-state index in [1.165, 1.54) is 31.2 Å². The number of nitriles is 1. The van der Waals surface area contributed by atoms with Crippen LogP contribution in [0.2, 0.25) is 0 Å². The van der Waals surface area contributed by atoms with Crippen LogP contribution >= 0.6 is 24.0 Å². The number of hydrogen-bond acceptors (Lipinski definition) is 7. The molecule has 0 aliphatic carbocycles. The Kier molecular flexibility index (Phi) is 8.59. The number of thiocarbonyl (C=S) groups is 1. The highest BCUT2D eigenvalue weighted by Crippen LogP contribution is 2.33. The van der Waals surface area contributed by atoms with E-state index in [0.29, 0.717) is 12.0 Å². The van der Waals surface area contributed by atoms with Crippen LogP contribution in [0.4, 0.5) is 4.39 Å². The third kappa shape index (κ3) is 5.69. The molecule has 0 spiro atoms. The number of amides is 1. The summed E-state index contributed by atoms with van der Waals surface area (Å²) in [6.07, 6.45) is 4.93. The third-order valence-electron chi connectivity index (χ3n) is 5.66. The summed E-state index contributed by atoms with van der Waals surface area (Å²) in [5, 5.41) is 20.3. The molecule has 182 valence electrons. The molecule has 1 aliphatic rings. The number of benzene rings is 1. The van der Waals surface area contributed by atoms with Crippen molar-refractivity contribution < 1.29 is 19.1 Å². The molecular formula is C25H24FN3O4S2. The largest absolute Gasteiger partial charge is 0.494 e. The molecule has 0 atom stereocenters. The molecule has 35 heavy (non-hydrogen) atoms. The number of Topliss-reactive ketones (excluding diaryl/α,β-unsaturated/α-hetero) is 1. The van der Waals surface area contributed by atoms with Crippen LogP contribution in [0.5, 0.6) is 5.88 Å². The van der Waals surface area contributed by atoms with Gasteiger partial charge in [0.05, 0.1) is 17.0 Å². The van der Waals surface area contributed by atoms with Crippen LogP contribution in [0.15, 0.2) is 34.0 Å². The Balaban J connectivity index is 1.89. The number of nitrogens with zero attached hydrogens (tertiary/aromatic N) is 3. The van der Waals surface area contributed by atoms with Crippen molar-refractivity contribution in [3.8, 4) is 11.9 Å². The number of aromatic nitrogens is 1. The van der Waals surface area contributed by atoms with Crippen LogP contribution in [-0.4, -0.2) is 37.1 Å². The van der Waals surface area contributed by atoms with Gasteiger partial charge in [0.1, 0.15) is 21.8 Å². The Hall–Kier alpha value is -3.29. The highest BCUT2D eigenvalue weighted by Gasteiger charge is 2.35. The number of ketones is 1. The Morgan fingerprint density at radius 1 is 1.23 bits per heavy atom. The predicted octanol–water partition coefficient (Wildman–Crippen LogP) is 4.54. The lowest BCUT2D eigenvalue weighted by atomic mass is 10.0. The Morgan fingerprint density at radius 3 is 2.54 bits per heavy atom. The molecule has 2 heterocycles.